The fourth-order valence-electron chi connectivity index (χ4n) is 1.30. The lowest BCUT2D eigenvalue weighted by atomic mass is 9.93. The second kappa shape index (κ2) is 6.56. The molecule has 0 radical (unpaired) electrons. The van der Waals surface area contributed by atoms with Crippen LogP contribution < -0.4 is 0 Å². The van der Waals surface area contributed by atoms with Gasteiger partial charge in [0.05, 0.1) is 12.9 Å². The van der Waals surface area contributed by atoms with Gasteiger partial charge in [-0.2, -0.15) is 65.5 Å². The Morgan fingerprint density at radius 3 is 1.31 bits per heavy atom. The third-order valence-corrected chi connectivity index (χ3v) is 4.13. The minimum Gasteiger partial charge on any atom is -0.273 e. The molecule has 158 valence electrons. The summed E-state index contributed by atoms with van der Waals surface area (Å²) < 4.78 is 190. The van der Waals surface area contributed by atoms with Gasteiger partial charge in [0.2, 0.25) is 0 Å². The zero-order valence-electron chi connectivity index (χ0n) is 12.0. The first-order valence-corrected chi connectivity index (χ1v) is 7.33. The minimum atomic E-state index is -8.01. The van der Waals surface area contributed by atoms with E-state index in [-0.39, 0.29) is 0 Å². The van der Waals surface area contributed by atoms with Gasteiger partial charge in [-0.05, 0) is 0 Å². The van der Waals surface area contributed by atoms with Gasteiger partial charge in [0.15, 0.2) is 0 Å². The summed E-state index contributed by atoms with van der Waals surface area (Å²) in [6, 6.07) is 0. The highest BCUT2D eigenvalue weighted by Crippen LogP contribution is 2.60. The SMILES string of the molecule is COS(=O)(=O)CCC(F)(F)C(F)(F)C(F)(F)C(F)(F)C(F)(F)C(F)(F)F. The summed E-state index contributed by atoms with van der Waals surface area (Å²) in [5.74, 6) is -39.9. The van der Waals surface area contributed by atoms with E-state index in [1.807, 2.05) is 0 Å². The van der Waals surface area contributed by atoms with Crippen LogP contribution in [-0.4, -0.2) is 57.1 Å². The Kier molecular flexibility index (Phi) is 6.31. The first-order chi connectivity index (χ1) is 11.0. The van der Waals surface area contributed by atoms with Crippen molar-refractivity contribution in [1.82, 2.24) is 0 Å². The van der Waals surface area contributed by atoms with Crippen molar-refractivity contribution in [1.29, 1.82) is 0 Å². The smallest absolute Gasteiger partial charge is 0.273 e. The van der Waals surface area contributed by atoms with Crippen molar-refractivity contribution in [2.45, 2.75) is 42.2 Å². The van der Waals surface area contributed by atoms with Gasteiger partial charge in [-0.15, -0.1) is 0 Å². The summed E-state index contributed by atoms with van der Waals surface area (Å²) in [4.78, 5) is 0. The molecular weight excluding hydrogens is 435 g/mol. The van der Waals surface area contributed by atoms with E-state index in [4.69, 9.17) is 0 Å². The number of rotatable bonds is 8. The normalized spacial score (nSPS) is 16.1. The first kappa shape index (κ1) is 25.0. The Hall–Kier alpha value is -1.00. The third kappa shape index (κ3) is 3.82. The van der Waals surface area contributed by atoms with Crippen molar-refractivity contribution in [2.75, 3.05) is 12.9 Å². The first-order valence-electron chi connectivity index (χ1n) is 5.76. The van der Waals surface area contributed by atoms with Gasteiger partial charge in [0.25, 0.3) is 10.1 Å². The molecule has 0 aliphatic carbocycles. The van der Waals surface area contributed by atoms with E-state index in [9.17, 15) is 65.5 Å². The molecule has 3 nitrogen and oxygen atoms in total. The Bertz CT molecular complexity index is 607. The molecular formula is C9H7F13O3S. The van der Waals surface area contributed by atoms with Crippen LogP contribution in [0, 0.1) is 0 Å². The molecule has 0 rings (SSSR count). The Morgan fingerprint density at radius 1 is 0.654 bits per heavy atom. The molecule has 0 aromatic rings. The molecule has 0 heterocycles. The van der Waals surface area contributed by atoms with Gasteiger partial charge in [-0.3, -0.25) is 4.18 Å². The third-order valence-electron chi connectivity index (χ3n) is 2.92. The Balaban J connectivity index is 6.08. The summed E-state index contributed by atoms with van der Waals surface area (Å²) in [5.41, 5.74) is 0. The molecule has 0 N–H and O–H groups in total. The number of alkyl halides is 13. The second-order valence-electron chi connectivity index (χ2n) is 4.68. The molecule has 0 aliphatic heterocycles. The van der Waals surface area contributed by atoms with Gasteiger partial charge in [-0.1, -0.05) is 0 Å². The second-order valence-corrected chi connectivity index (χ2v) is 6.54. The average molecular weight is 442 g/mol. The highest BCUT2D eigenvalue weighted by Gasteiger charge is 2.90. The summed E-state index contributed by atoms with van der Waals surface area (Å²) >= 11 is 0. The van der Waals surface area contributed by atoms with E-state index in [0.717, 1.165) is 0 Å². The van der Waals surface area contributed by atoms with Crippen molar-refractivity contribution in [3.63, 3.8) is 0 Å². The zero-order chi connectivity index (χ0) is 21.6. The van der Waals surface area contributed by atoms with Gasteiger partial charge in [-0.25, -0.2) is 0 Å². The van der Waals surface area contributed by atoms with Crippen LogP contribution in [0.2, 0.25) is 0 Å². The average Bonchev–Trinajstić information content (AvgIpc) is 2.43. The Labute approximate surface area is 136 Å². The van der Waals surface area contributed by atoms with Crippen molar-refractivity contribution in [2.24, 2.45) is 0 Å². The van der Waals surface area contributed by atoms with Crippen molar-refractivity contribution in [3.05, 3.63) is 0 Å². The Morgan fingerprint density at radius 2 is 1.00 bits per heavy atom. The highest BCUT2D eigenvalue weighted by atomic mass is 32.2. The van der Waals surface area contributed by atoms with Crippen LogP contribution >= 0.6 is 0 Å². The number of hydrogen-bond acceptors (Lipinski definition) is 3. The molecule has 0 aromatic carbocycles. The van der Waals surface area contributed by atoms with E-state index in [2.05, 4.69) is 4.18 Å². The summed E-state index contributed by atoms with van der Waals surface area (Å²) in [7, 11) is -4.70. The minimum absolute atomic E-state index is 0.318. The molecule has 0 saturated heterocycles. The summed E-state index contributed by atoms with van der Waals surface area (Å²) in [5, 5.41) is 0. The molecule has 26 heavy (non-hydrogen) atoms. The van der Waals surface area contributed by atoms with Crippen molar-refractivity contribution >= 4 is 10.1 Å². The van der Waals surface area contributed by atoms with Crippen LogP contribution in [-0.2, 0) is 14.3 Å². The van der Waals surface area contributed by atoms with Crippen LogP contribution in [0.3, 0.4) is 0 Å². The number of halogens is 13. The van der Waals surface area contributed by atoms with E-state index >= 15 is 0 Å². The van der Waals surface area contributed by atoms with Gasteiger partial charge >= 0.3 is 35.8 Å². The molecule has 0 fully saturated rings. The molecule has 0 aromatic heterocycles. The predicted octanol–water partition coefficient (Wildman–Crippen LogP) is 4.09. The molecule has 0 unspecified atom stereocenters. The van der Waals surface area contributed by atoms with Gasteiger partial charge < -0.3 is 0 Å². The topological polar surface area (TPSA) is 43.4 Å². The maximum atomic E-state index is 13.2. The lowest BCUT2D eigenvalue weighted by molar-refractivity contribution is -0.439. The van der Waals surface area contributed by atoms with Crippen LogP contribution in [0.4, 0.5) is 57.1 Å². The number of hydrogen-bond donors (Lipinski definition) is 0. The monoisotopic (exact) mass is 442 g/mol. The van der Waals surface area contributed by atoms with Crippen LogP contribution in [0.25, 0.3) is 0 Å². The lowest BCUT2D eigenvalue weighted by Gasteiger charge is -2.39. The van der Waals surface area contributed by atoms with E-state index in [1.165, 1.54) is 0 Å². The molecule has 17 heteroatoms. The fraction of sp³-hybridized carbons (Fsp3) is 1.00. The molecule has 0 atom stereocenters. The van der Waals surface area contributed by atoms with Crippen LogP contribution in [0.5, 0.6) is 0 Å². The van der Waals surface area contributed by atoms with E-state index in [0.29, 0.717) is 7.11 Å². The zero-order valence-corrected chi connectivity index (χ0v) is 12.8. The maximum absolute atomic E-state index is 13.2. The fourth-order valence-corrected chi connectivity index (χ4v) is 1.97. The van der Waals surface area contributed by atoms with Crippen LogP contribution in [0.15, 0.2) is 0 Å². The van der Waals surface area contributed by atoms with Crippen molar-refractivity contribution in [3.8, 4) is 0 Å². The quantitative estimate of drug-likeness (QED) is 0.420. The lowest BCUT2D eigenvalue weighted by Crippen LogP contribution is -2.70. The summed E-state index contributed by atoms with van der Waals surface area (Å²) in [6.45, 7) is 0. The molecule has 0 aliphatic rings. The molecule has 0 bridgehead atoms. The van der Waals surface area contributed by atoms with Crippen LogP contribution in [0.1, 0.15) is 6.42 Å². The van der Waals surface area contributed by atoms with Crippen molar-refractivity contribution < 1.29 is 69.7 Å². The largest absolute Gasteiger partial charge is 0.460 e. The standard InChI is InChI=1S/C9H7F13O3S/c1-25-26(23,24)3-2-4(10,11)5(12,13)6(14,15)7(16,17)8(18,19)9(20,21)22/h2-3H2,1H3. The summed E-state index contributed by atoms with van der Waals surface area (Å²) in [6.07, 6.45) is -10.3. The van der Waals surface area contributed by atoms with Gasteiger partial charge in [0, 0.05) is 6.42 Å². The van der Waals surface area contributed by atoms with Gasteiger partial charge in [0.1, 0.15) is 0 Å². The predicted molar refractivity (Wildman–Crippen MR) is 56.2 cm³/mol. The molecule has 0 spiro atoms. The molecule has 0 saturated carbocycles. The molecule has 0 amide bonds. The van der Waals surface area contributed by atoms with E-state index in [1.54, 1.807) is 0 Å². The highest BCUT2D eigenvalue weighted by molar-refractivity contribution is 7.86. The maximum Gasteiger partial charge on any atom is 0.460 e. The van der Waals surface area contributed by atoms with E-state index < -0.39 is 58.1 Å².